The minimum atomic E-state index is -0.220. The Morgan fingerprint density at radius 1 is 0.970 bits per heavy atom. The maximum Gasteiger partial charge on any atom is 1.00 e. The summed E-state index contributed by atoms with van der Waals surface area (Å²) < 4.78 is 0. The van der Waals surface area contributed by atoms with E-state index < -0.39 is 0 Å². The van der Waals surface area contributed by atoms with Gasteiger partial charge in [-0.2, -0.15) is 0 Å². The fourth-order valence-electron chi connectivity index (χ4n) is 4.73. The minimum Gasteiger partial charge on any atom is -0.761 e. The van der Waals surface area contributed by atoms with Gasteiger partial charge in [-0.15, -0.1) is 0 Å². The van der Waals surface area contributed by atoms with Crippen molar-refractivity contribution < 1.29 is 56.2 Å². The van der Waals surface area contributed by atoms with Crippen LogP contribution >= 0.6 is 11.6 Å². The third kappa shape index (κ3) is 5.39. The van der Waals surface area contributed by atoms with Gasteiger partial charge in [0.15, 0.2) is 0 Å². The molecule has 0 radical (unpaired) electrons. The molecule has 2 aliphatic rings. The van der Waals surface area contributed by atoms with Gasteiger partial charge in [-0.25, -0.2) is 0 Å². The molecule has 0 bridgehead atoms. The topological polar surface area (TPSA) is 67.4 Å². The summed E-state index contributed by atoms with van der Waals surface area (Å²) in [5, 5.41) is 14.1. The van der Waals surface area contributed by atoms with Crippen molar-refractivity contribution >= 4 is 28.9 Å². The van der Waals surface area contributed by atoms with E-state index in [-0.39, 0.29) is 68.7 Å². The van der Waals surface area contributed by atoms with Gasteiger partial charge in [-0.05, 0) is 62.2 Å². The fourth-order valence-corrected chi connectivity index (χ4v) is 5.00. The molecule has 2 aliphatic heterocycles. The summed E-state index contributed by atoms with van der Waals surface area (Å²) in [6.45, 7) is 3.68. The predicted molar refractivity (Wildman–Crippen MR) is 131 cm³/mol. The molecule has 0 aromatic heterocycles. The van der Waals surface area contributed by atoms with Gasteiger partial charge in [-0.1, -0.05) is 72.3 Å². The number of halogens is 1. The number of hydrogen-bond donors (Lipinski definition) is 2. The first-order valence-corrected chi connectivity index (χ1v) is 11.2. The van der Waals surface area contributed by atoms with Crippen LogP contribution in [-0.2, 0) is 4.79 Å². The van der Waals surface area contributed by atoms with Crippen LogP contribution in [0, 0.1) is 17.5 Å². The summed E-state index contributed by atoms with van der Waals surface area (Å²) in [6.07, 6.45) is 1.85. The van der Waals surface area contributed by atoms with Crippen molar-refractivity contribution in [3.63, 3.8) is 0 Å². The maximum absolute atomic E-state index is 13.0. The van der Waals surface area contributed by atoms with Crippen LogP contribution in [0.5, 0.6) is 0 Å². The molecular formula is C26H27ClKN3O2. The number of hydrogen-bond acceptors (Lipinski definition) is 4. The number of nitrogens with zero attached hydrogens (tertiary/aromatic N) is 1. The van der Waals surface area contributed by atoms with Crippen molar-refractivity contribution in [2.24, 2.45) is 5.41 Å². The molecule has 3 aromatic rings. The molecule has 166 valence electrons. The second kappa shape index (κ2) is 12.0. The van der Waals surface area contributed by atoms with Crippen LogP contribution in [0.4, 0.5) is 11.4 Å². The molecule has 0 saturated carbocycles. The molecule has 7 heteroatoms. The molecule has 2 heterocycles. The van der Waals surface area contributed by atoms with Crippen LogP contribution in [0.1, 0.15) is 30.0 Å². The number of amides is 1. The summed E-state index contributed by atoms with van der Waals surface area (Å²) in [7, 11) is 0. The van der Waals surface area contributed by atoms with Crippen LogP contribution < -0.4 is 67.1 Å². The zero-order chi connectivity index (χ0) is 22.6. The van der Waals surface area contributed by atoms with E-state index >= 15 is 0 Å². The Labute approximate surface area is 242 Å². The number of aryl methyl sites for hydroxylation is 1. The summed E-state index contributed by atoms with van der Waals surface area (Å²) in [6, 6.07) is 26.0. The molecule has 1 spiro atoms. The van der Waals surface area contributed by atoms with Crippen molar-refractivity contribution in [1.29, 1.82) is 0 Å². The first-order chi connectivity index (χ1) is 15.6. The number of nitrogens with one attached hydrogen (secondary N) is 2. The van der Waals surface area contributed by atoms with Gasteiger partial charge >= 0.3 is 51.4 Å². The quantitative estimate of drug-likeness (QED) is 0.338. The van der Waals surface area contributed by atoms with Crippen LogP contribution in [-0.4, -0.2) is 19.0 Å². The number of anilines is 2. The standard InChI is InChI=1S/C19H20N2O.C7H7ClNO.K/c22-18-19(11-13-20-14-12-19)17(15-7-3-1-4-8-15)21(18)16-9-5-2-6-10-16;1-5-3-2-4-6(8)7(5)9-10;/h1-10,17,20H,11-14H2;2-4,9H,1H3;/q;-1;+1. The van der Waals surface area contributed by atoms with Crippen molar-refractivity contribution in [3.8, 4) is 0 Å². The zero-order valence-corrected chi connectivity index (χ0v) is 22.9. The van der Waals surface area contributed by atoms with Crippen molar-refractivity contribution in [2.75, 3.05) is 23.5 Å². The third-order valence-corrected chi connectivity index (χ3v) is 6.71. The molecule has 0 aliphatic carbocycles. The Balaban J connectivity index is 0.000000237. The Morgan fingerprint density at radius 2 is 1.58 bits per heavy atom. The number of β-lactam (4-membered cyclic amide) rings is 1. The van der Waals surface area contributed by atoms with Gasteiger partial charge in [0.1, 0.15) is 0 Å². The Bertz CT molecular complexity index is 1040. The second-order valence-corrected chi connectivity index (χ2v) is 8.67. The molecule has 2 fully saturated rings. The largest absolute Gasteiger partial charge is 1.00 e. The fraction of sp³-hybridized carbons (Fsp3) is 0.269. The number of carbonyl (C=O) groups excluding carboxylic acids is 1. The van der Waals surface area contributed by atoms with E-state index in [4.69, 9.17) is 11.6 Å². The average molecular weight is 488 g/mol. The van der Waals surface area contributed by atoms with Gasteiger partial charge in [0.05, 0.1) is 16.5 Å². The maximum atomic E-state index is 13.0. The van der Waals surface area contributed by atoms with Gasteiger partial charge < -0.3 is 20.9 Å². The van der Waals surface area contributed by atoms with Crippen LogP contribution in [0.3, 0.4) is 0 Å². The first-order valence-electron chi connectivity index (χ1n) is 10.9. The minimum absolute atomic E-state index is 0. The van der Waals surface area contributed by atoms with Gasteiger partial charge in [0.2, 0.25) is 5.91 Å². The molecule has 2 N–H and O–H groups in total. The van der Waals surface area contributed by atoms with Crippen LogP contribution in [0.2, 0.25) is 5.02 Å². The van der Waals surface area contributed by atoms with E-state index in [0.717, 1.165) is 37.2 Å². The predicted octanol–water partition coefficient (Wildman–Crippen LogP) is 2.71. The molecule has 1 amide bonds. The van der Waals surface area contributed by atoms with E-state index in [1.165, 1.54) is 5.56 Å². The van der Waals surface area contributed by atoms with E-state index in [1.54, 1.807) is 17.6 Å². The molecule has 33 heavy (non-hydrogen) atoms. The molecule has 1 unspecified atom stereocenters. The van der Waals surface area contributed by atoms with E-state index in [2.05, 4.69) is 29.6 Å². The number of piperidine rings is 1. The number of rotatable bonds is 3. The number of para-hydroxylation sites is 2. The Hall–Kier alpha value is -1.22. The van der Waals surface area contributed by atoms with Gasteiger partial charge in [0, 0.05) is 11.4 Å². The first kappa shape index (κ1) is 26.4. The molecular weight excluding hydrogens is 461 g/mol. The normalized spacial score (nSPS) is 18.5. The van der Waals surface area contributed by atoms with E-state index in [1.807, 2.05) is 54.3 Å². The molecule has 5 rings (SSSR count). The summed E-state index contributed by atoms with van der Waals surface area (Å²) in [4.78, 5) is 15.0. The number of carbonyl (C=O) groups is 1. The van der Waals surface area contributed by atoms with Crippen molar-refractivity contribution in [1.82, 2.24) is 5.32 Å². The number of benzene rings is 3. The van der Waals surface area contributed by atoms with Crippen molar-refractivity contribution in [3.05, 3.63) is 100 Å². The second-order valence-electron chi connectivity index (χ2n) is 8.26. The molecule has 1 atom stereocenters. The average Bonchev–Trinajstić information content (AvgIpc) is 2.84. The van der Waals surface area contributed by atoms with E-state index in [9.17, 15) is 10.0 Å². The summed E-state index contributed by atoms with van der Waals surface area (Å²) >= 11 is 5.67. The zero-order valence-electron chi connectivity index (χ0n) is 19.1. The molecule has 5 nitrogen and oxygen atoms in total. The smallest absolute Gasteiger partial charge is 0.761 e. The monoisotopic (exact) mass is 487 g/mol. The molecule has 2 saturated heterocycles. The van der Waals surface area contributed by atoms with Crippen molar-refractivity contribution in [2.45, 2.75) is 25.8 Å². The SMILES string of the molecule is Cc1cccc(Cl)c1N[O-].O=C1N(c2ccccc2)C(c2ccccc2)C12CCNCC2.[K+]. The van der Waals surface area contributed by atoms with Gasteiger partial charge in [0.25, 0.3) is 0 Å². The Kier molecular flexibility index (Phi) is 9.56. The van der Waals surface area contributed by atoms with E-state index in [0.29, 0.717) is 10.7 Å². The third-order valence-electron chi connectivity index (χ3n) is 6.40. The molecule has 3 aromatic carbocycles. The summed E-state index contributed by atoms with van der Waals surface area (Å²) in [5.74, 6) is 0.286. The summed E-state index contributed by atoms with van der Waals surface area (Å²) in [5.41, 5.74) is 5.14. The Morgan fingerprint density at radius 3 is 2.12 bits per heavy atom. The van der Waals surface area contributed by atoms with Crippen LogP contribution in [0.15, 0.2) is 78.9 Å². The van der Waals surface area contributed by atoms with Gasteiger partial charge in [-0.3, -0.25) is 4.79 Å². The van der Waals surface area contributed by atoms with Crippen LogP contribution in [0.25, 0.3) is 0 Å².